The quantitative estimate of drug-likeness (QED) is 0.836. The van der Waals surface area contributed by atoms with Crippen LogP contribution in [-0.4, -0.2) is 11.9 Å². The molecule has 3 heteroatoms. The Morgan fingerprint density at radius 2 is 1.84 bits per heavy atom. The molecule has 0 fully saturated rings. The summed E-state index contributed by atoms with van der Waals surface area (Å²) >= 11 is 0. The van der Waals surface area contributed by atoms with Gasteiger partial charge in [0.15, 0.2) is 0 Å². The summed E-state index contributed by atoms with van der Waals surface area (Å²) < 4.78 is 13.8. The summed E-state index contributed by atoms with van der Waals surface area (Å²) in [5.74, 6) is -0.320. The fraction of sp³-hybridized carbons (Fsp3) is 0.188. The molecule has 0 heterocycles. The van der Waals surface area contributed by atoms with E-state index >= 15 is 0 Å². The zero-order chi connectivity index (χ0) is 13.7. The highest BCUT2D eigenvalue weighted by Crippen LogP contribution is 2.13. The Labute approximate surface area is 112 Å². The van der Waals surface area contributed by atoms with Crippen LogP contribution in [-0.2, 0) is 13.1 Å². The van der Waals surface area contributed by atoms with Gasteiger partial charge in [0.2, 0.25) is 0 Å². The van der Waals surface area contributed by atoms with E-state index in [0.717, 1.165) is 6.54 Å². The van der Waals surface area contributed by atoms with E-state index in [4.69, 9.17) is 5.26 Å². The molecule has 2 nitrogen and oxygen atoms in total. The summed E-state index contributed by atoms with van der Waals surface area (Å²) in [4.78, 5) is 2.04. The lowest BCUT2D eigenvalue weighted by Crippen LogP contribution is -2.18. The van der Waals surface area contributed by atoms with E-state index in [1.54, 1.807) is 12.1 Å². The van der Waals surface area contributed by atoms with E-state index in [2.05, 4.69) is 0 Å². The smallest absolute Gasteiger partial charge is 0.129 e. The van der Waals surface area contributed by atoms with E-state index in [1.807, 2.05) is 48.3 Å². The predicted molar refractivity (Wildman–Crippen MR) is 72.7 cm³/mol. The van der Waals surface area contributed by atoms with Crippen LogP contribution in [0.1, 0.15) is 16.7 Å². The topological polar surface area (TPSA) is 27.0 Å². The molecule has 0 spiro atoms. The van der Waals surface area contributed by atoms with Crippen LogP contribution in [0.5, 0.6) is 0 Å². The Bertz CT molecular complexity index is 587. The zero-order valence-corrected chi connectivity index (χ0v) is 10.8. The number of hydrogen-bond donors (Lipinski definition) is 0. The van der Waals surface area contributed by atoms with Crippen molar-refractivity contribution in [3.8, 4) is 6.07 Å². The van der Waals surface area contributed by atoms with Crippen LogP contribution in [0.3, 0.4) is 0 Å². The van der Waals surface area contributed by atoms with Crippen molar-refractivity contribution in [2.24, 2.45) is 0 Å². The lowest BCUT2D eigenvalue weighted by molar-refractivity contribution is 0.313. The van der Waals surface area contributed by atoms with Gasteiger partial charge in [-0.25, -0.2) is 4.39 Å². The van der Waals surface area contributed by atoms with Crippen LogP contribution in [0, 0.1) is 17.1 Å². The first-order valence-corrected chi connectivity index (χ1v) is 6.10. The van der Waals surface area contributed by atoms with Crippen LogP contribution in [0.25, 0.3) is 0 Å². The molecule has 0 amide bonds. The second kappa shape index (κ2) is 6.12. The van der Waals surface area contributed by atoms with Crippen LogP contribution >= 0.6 is 0 Å². The van der Waals surface area contributed by atoms with Crippen molar-refractivity contribution >= 4 is 0 Å². The van der Waals surface area contributed by atoms with Gasteiger partial charge in [0, 0.05) is 18.7 Å². The monoisotopic (exact) mass is 254 g/mol. The molecule has 0 unspecified atom stereocenters. The van der Waals surface area contributed by atoms with Crippen LogP contribution in [0.2, 0.25) is 0 Å². The number of rotatable bonds is 4. The van der Waals surface area contributed by atoms with Gasteiger partial charge in [-0.15, -0.1) is 0 Å². The Morgan fingerprint density at radius 1 is 1.11 bits per heavy atom. The van der Waals surface area contributed by atoms with Gasteiger partial charge in [0.1, 0.15) is 5.82 Å². The average molecular weight is 254 g/mol. The summed E-state index contributed by atoms with van der Waals surface area (Å²) in [5.41, 5.74) is 2.16. The van der Waals surface area contributed by atoms with E-state index in [1.165, 1.54) is 11.6 Å². The van der Waals surface area contributed by atoms with Crippen molar-refractivity contribution in [3.05, 3.63) is 71.0 Å². The molecular weight excluding hydrogens is 239 g/mol. The molecule has 0 radical (unpaired) electrons. The fourth-order valence-corrected chi connectivity index (χ4v) is 1.99. The van der Waals surface area contributed by atoms with Crippen molar-refractivity contribution in [1.29, 1.82) is 5.26 Å². The highest BCUT2D eigenvalue weighted by atomic mass is 19.1. The Hall–Kier alpha value is -2.18. The van der Waals surface area contributed by atoms with Crippen LogP contribution in [0.15, 0.2) is 48.5 Å². The van der Waals surface area contributed by atoms with E-state index < -0.39 is 0 Å². The molecule has 0 aromatic heterocycles. The van der Waals surface area contributed by atoms with Gasteiger partial charge in [0.25, 0.3) is 0 Å². The minimum absolute atomic E-state index is 0.320. The maximum absolute atomic E-state index is 13.8. The molecular formula is C16H15FN2. The van der Waals surface area contributed by atoms with Gasteiger partial charge in [-0.1, -0.05) is 36.4 Å². The highest BCUT2D eigenvalue weighted by Gasteiger charge is 2.07. The van der Waals surface area contributed by atoms with Gasteiger partial charge >= 0.3 is 0 Å². The molecule has 19 heavy (non-hydrogen) atoms. The largest absolute Gasteiger partial charge is 0.298 e. The molecule has 96 valence electrons. The number of nitrogens with zero attached hydrogens (tertiary/aromatic N) is 2. The first-order valence-electron chi connectivity index (χ1n) is 6.10. The Kier molecular flexibility index (Phi) is 4.27. The molecule has 2 aromatic carbocycles. The summed E-state index contributed by atoms with van der Waals surface area (Å²) in [7, 11) is 1.95. The fourth-order valence-electron chi connectivity index (χ4n) is 1.99. The number of hydrogen-bond acceptors (Lipinski definition) is 2. The molecule has 0 aliphatic rings. The number of benzene rings is 2. The van der Waals surface area contributed by atoms with E-state index in [0.29, 0.717) is 17.7 Å². The van der Waals surface area contributed by atoms with Gasteiger partial charge < -0.3 is 0 Å². The molecule has 0 aliphatic heterocycles. The maximum Gasteiger partial charge on any atom is 0.129 e. The predicted octanol–water partition coefficient (Wildman–Crippen LogP) is 3.33. The van der Waals surface area contributed by atoms with Crippen molar-refractivity contribution < 1.29 is 4.39 Å². The van der Waals surface area contributed by atoms with E-state index in [9.17, 15) is 4.39 Å². The molecule has 0 saturated carbocycles. The molecule has 2 rings (SSSR count). The van der Waals surface area contributed by atoms with Crippen molar-refractivity contribution in [2.45, 2.75) is 13.1 Å². The van der Waals surface area contributed by atoms with Crippen molar-refractivity contribution in [3.63, 3.8) is 0 Å². The third-order valence-electron chi connectivity index (χ3n) is 2.92. The van der Waals surface area contributed by atoms with Gasteiger partial charge in [-0.05, 0) is 24.7 Å². The molecule has 2 aromatic rings. The minimum atomic E-state index is -0.320. The molecule has 0 bridgehead atoms. The molecule has 0 aliphatic carbocycles. The second-order valence-electron chi connectivity index (χ2n) is 4.58. The standard InChI is InChI=1S/C16H15FN2/c1-19(11-13-5-3-2-4-6-13)12-15-8-7-14(10-18)9-16(15)17/h2-9H,11-12H2,1H3. The second-order valence-corrected chi connectivity index (χ2v) is 4.58. The third kappa shape index (κ3) is 3.64. The van der Waals surface area contributed by atoms with Crippen LogP contribution in [0.4, 0.5) is 4.39 Å². The lowest BCUT2D eigenvalue weighted by Gasteiger charge is -2.17. The highest BCUT2D eigenvalue weighted by molar-refractivity contribution is 5.32. The number of halogens is 1. The average Bonchev–Trinajstić information content (AvgIpc) is 2.42. The number of nitriles is 1. The van der Waals surface area contributed by atoms with Gasteiger partial charge in [-0.3, -0.25) is 4.90 Å². The SMILES string of the molecule is CN(Cc1ccccc1)Cc1ccc(C#N)cc1F. The summed E-state index contributed by atoms with van der Waals surface area (Å²) in [5, 5.41) is 8.70. The summed E-state index contributed by atoms with van der Waals surface area (Å²) in [6.45, 7) is 1.28. The molecule has 0 saturated heterocycles. The van der Waals surface area contributed by atoms with Gasteiger partial charge in [-0.2, -0.15) is 5.26 Å². The van der Waals surface area contributed by atoms with Gasteiger partial charge in [0.05, 0.1) is 11.6 Å². The lowest BCUT2D eigenvalue weighted by atomic mass is 10.1. The zero-order valence-electron chi connectivity index (χ0n) is 10.8. The first kappa shape index (κ1) is 13.3. The summed E-state index contributed by atoms with van der Waals surface area (Å²) in [6, 6.07) is 16.6. The van der Waals surface area contributed by atoms with Crippen molar-refractivity contribution in [2.75, 3.05) is 7.05 Å². The Morgan fingerprint density at radius 3 is 2.47 bits per heavy atom. The minimum Gasteiger partial charge on any atom is -0.298 e. The normalized spacial score (nSPS) is 10.4. The first-order chi connectivity index (χ1) is 9.19. The summed E-state index contributed by atoms with van der Waals surface area (Å²) in [6.07, 6.45) is 0. The molecule has 0 N–H and O–H groups in total. The molecule has 0 atom stereocenters. The van der Waals surface area contributed by atoms with Crippen LogP contribution < -0.4 is 0 Å². The third-order valence-corrected chi connectivity index (χ3v) is 2.92. The van der Waals surface area contributed by atoms with E-state index in [-0.39, 0.29) is 5.82 Å². The Balaban J connectivity index is 2.03. The van der Waals surface area contributed by atoms with Crippen molar-refractivity contribution in [1.82, 2.24) is 4.90 Å². The maximum atomic E-state index is 13.8.